The zero-order valence-corrected chi connectivity index (χ0v) is 16.4. The molecule has 0 spiro atoms. The smallest absolute Gasteiger partial charge is 0.222 e. The Labute approximate surface area is 166 Å². The molecular weight excluding hydrogens is 360 g/mol. The molecule has 0 fully saturated rings. The SMILES string of the molecule is CCc1nccn1CCC(=O)NC(c1ccc(C)cc1)c1cccnc1.Cl. The van der Waals surface area contributed by atoms with Crippen LogP contribution in [0.5, 0.6) is 0 Å². The molecule has 0 aliphatic heterocycles. The lowest BCUT2D eigenvalue weighted by atomic mass is 9.99. The summed E-state index contributed by atoms with van der Waals surface area (Å²) in [4.78, 5) is 21.1. The first kappa shape index (κ1) is 20.6. The average Bonchev–Trinajstić information content (AvgIpc) is 3.13. The summed E-state index contributed by atoms with van der Waals surface area (Å²) >= 11 is 0. The van der Waals surface area contributed by atoms with Crippen molar-refractivity contribution in [2.75, 3.05) is 0 Å². The lowest BCUT2D eigenvalue weighted by Gasteiger charge is -2.20. The number of aryl methyl sites for hydroxylation is 3. The average molecular weight is 385 g/mol. The molecule has 5 nitrogen and oxygen atoms in total. The first-order chi connectivity index (χ1) is 12.7. The van der Waals surface area contributed by atoms with Gasteiger partial charge in [-0.25, -0.2) is 4.98 Å². The molecule has 2 heterocycles. The van der Waals surface area contributed by atoms with Crippen LogP contribution in [-0.2, 0) is 17.8 Å². The Balaban J connectivity index is 0.00000261. The summed E-state index contributed by atoms with van der Waals surface area (Å²) in [6.07, 6.45) is 8.51. The van der Waals surface area contributed by atoms with Gasteiger partial charge in [0.05, 0.1) is 6.04 Å². The normalized spacial score (nSPS) is 11.5. The molecule has 0 bridgehead atoms. The van der Waals surface area contributed by atoms with Crippen LogP contribution >= 0.6 is 12.4 Å². The van der Waals surface area contributed by atoms with Crippen molar-refractivity contribution in [1.82, 2.24) is 19.9 Å². The molecule has 1 aromatic carbocycles. The van der Waals surface area contributed by atoms with E-state index in [4.69, 9.17) is 0 Å². The summed E-state index contributed by atoms with van der Waals surface area (Å²) in [6, 6.07) is 11.9. The van der Waals surface area contributed by atoms with Crippen molar-refractivity contribution < 1.29 is 4.79 Å². The summed E-state index contributed by atoms with van der Waals surface area (Å²) in [5.74, 6) is 1.01. The van der Waals surface area contributed by atoms with Gasteiger partial charge in [-0.1, -0.05) is 42.8 Å². The Kier molecular flexibility index (Phi) is 7.55. The highest BCUT2D eigenvalue weighted by Crippen LogP contribution is 2.22. The number of halogens is 1. The van der Waals surface area contributed by atoms with E-state index in [1.165, 1.54) is 5.56 Å². The van der Waals surface area contributed by atoms with Gasteiger partial charge in [-0.2, -0.15) is 0 Å². The van der Waals surface area contributed by atoms with Gasteiger partial charge in [0.25, 0.3) is 0 Å². The molecule has 6 heteroatoms. The second kappa shape index (κ2) is 9.88. The Bertz CT molecular complexity index is 846. The second-order valence-corrected chi connectivity index (χ2v) is 6.34. The first-order valence-electron chi connectivity index (χ1n) is 8.93. The molecule has 3 aromatic rings. The highest BCUT2D eigenvalue weighted by Gasteiger charge is 2.17. The van der Waals surface area contributed by atoms with Gasteiger partial charge in [-0.05, 0) is 24.1 Å². The number of carbonyl (C=O) groups is 1. The second-order valence-electron chi connectivity index (χ2n) is 6.34. The molecule has 2 aromatic heterocycles. The van der Waals surface area contributed by atoms with E-state index in [2.05, 4.69) is 53.4 Å². The van der Waals surface area contributed by atoms with Crippen molar-refractivity contribution in [2.24, 2.45) is 0 Å². The van der Waals surface area contributed by atoms with E-state index in [0.717, 1.165) is 23.4 Å². The third-order valence-electron chi connectivity index (χ3n) is 4.43. The van der Waals surface area contributed by atoms with Gasteiger partial charge in [0, 0.05) is 44.2 Å². The van der Waals surface area contributed by atoms with E-state index in [9.17, 15) is 4.79 Å². The fourth-order valence-corrected chi connectivity index (χ4v) is 2.98. The Hall–Kier alpha value is -2.66. The summed E-state index contributed by atoms with van der Waals surface area (Å²) < 4.78 is 2.03. The summed E-state index contributed by atoms with van der Waals surface area (Å²) in [5.41, 5.74) is 3.22. The predicted octanol–water partition coefficient (Wildman–Crippen LogP) is 3.87. The van der Waals surface area contributed by atoms with Crippen LogP contribution in [0.2, 0.25) is 0 Å². The summed E-state index contributed by atoms with van der Waals surface area (Å²) in [7, 11) is 0. The van der Waals surface area contributed by atoms with Crippen LogP contribution in [0.25, 0.3) is 0 Å². The van der Waals surface area contributed by atoms with Gasteiger partial charge >= 0.3 is 0 Å². The molecule has 142 valence electrons. The molecule has 1 atom stereocenters. The van der Waals surface area contributed by atoms with Crippen LogP contribution in [0.15, 0.2) is 61.2 Å². The molecule has 27 heavy (non-hydrogen) atoms. The molecule has 0 radical (unpaired) electrons. The van der Waals surface area contributed by atoms with Gasteiger partial charge in [-0.15, -0.1) is 12.4 Å². The number of amides is 1. The van der Waals surface area contributed by atoms with Crippen LogP contribution in [0.1, 0.15) is 41.9 Å². The van der Waals surface area contributed by atoms with E-state index in [1.54, 1.807) is 18.6 Å². The van der Waals surface area contributed by atoms with Crippen LogP contribution in [0, 0.1) is 6.92 Å². The van der Waals surface area contributed by atoms with E-state index >= 15 is 0 Å². The van der Waals surface area contributed by atoms with Gasteiger partial charge < -0.3 is 9.88 Å². The fourth-order valence-electron chi connectivity index (χ4n) is 2.98. The minimum atomic E-state index is -0.203. The van der Waals surface area contributed by atoms with Crippen molar-refractivity contribution in [3.05, 3.63) is 83.7 Å². The number of carbonyl (C=O) groups excluding carboxylic acids is 1. The number of nitrogens with zero attached hydrogens (tertiary/aromatic N) is 3. The van der Waals surface area contributed by atoms with Crippen LogP contribution in [0.4, 0.5) is 0 Å². The molecule has 0 aliphatic carbocycles. The Morgan fingerprint density at radius 2 is 1.93 bits per heavy atom. The van der Waals surface area contributed by atoms with Crippen molar-refractivity contribution in [1.29, 1.82) is 0 Å². The zero-order chi connectivity index (χ0) is 18.4. The standard InChI is InChI=1S/C21H24N4O.ClH/c1-3-19-23-12-14-25(19)13-10-20(26)24-21(18-5-4-11-22-15-18)17-8-6-16(2)7-9-17;/h4-9,11-12,14-15,21H,3,10,13H2,1-2H3,(H,24,26);1H. The third-order valence-corrected chi connectivity index (χ3v) is 4.43. The van der Waals surface area contributed by atoms with Crippen LogP contribution in [-0.4, -0.2) is 20.4 Å². The number of benzene rings is 1. The molecule has 3 rings (SSSR count). The number of hydrogen-bond donors (Lipinski definition) is 1. The van der Waals surface area contributed by atoms with E-state index in [0.29, 0.717) is 13.0 Å². The molecule has 1 amide bonds. The third kappa shape index (κ3) is 5.41. The molecule has 1 unspecified atom stereocenters. The first-order valence-corrected chi connectivity index (χ1v) is 8.93. The maximum Gasteiger partial charge on any atom is 0.222 e. The molecule has 0 saturated carbocycles. The highest BCUT2D eigenvalue weighted by molar-refractivity contribution is 5.85. The molecule has 1 N–H and O–H groups in total. The van der Waals surface area contributed by atoms with Crippen molar-refractivity contribution in [3.8, 4) is 0 Å². The summed E-state index contributed by atoms with van der Waals surface area (Å²) in [6.45, 7) is 4.75. The van der Waals surface area contributed by atoms with Gasteiger partial charge in [-0.3, -0.25) is 9.78 Å². The number of aromatic nitrogens is 3. The maximum atomic E-state index is 12.6. The number of pyridine rings is 1. The van der Waals surface area contributed by atoms with Crippen molar-refractivity contribution in [2.45, 2.75) is 39.3 Å². The van der Waals surface area contributed by atoms with E-state index in [1.807, 2.05) is 22.9 Å². The quantitative estimate of drug-likeness (QED) is 0.672. The van der Waals surface area contributed by atoms with E-state index in [-0.39, 0.29) is 24.4 Å². The number of imidazole rings is 1. The number of nitrogens with one attached hydrogen (secondary N) is 1. The summed E-state index contributed by atoms with van der Waals surface area (Å²) in [5, 5.41) is 3.16. The van der Waals surface area contributed by atoms with Crippen LogP contribution in [0.3, 0.4) is 0 Å². The van der Waals surface area contributed by atoms with Gasteiger partial charge in [0.1, 0.15) is 5.82 Å². The van der Waals surface area contributed by atoms with Crippen molar-refractivity contribution >= 4 is 18.3 Å². The largest absolute Gasteiger partial charge is 0.345 e. The minimum Gasteiger partial charge on any atom is -0.345 e. The van der Waals surface area contributed by atoms with Gasteiger partial charge in [0.15, 0.2) is 0 Å². The Morgan fingerprint density at radius 3 is 2.59 bits per heavy atom. The lowest BCUT2D eigenvalue weighted by molar-refractivity contribution is -0.121. The molecule has 0 saturated heterocycles. The lowest BCUT2D eigenvalue weighted by Crippen LogP contribution is -2.30. The maximum absolute atomic E-state index is 12.6. The minimum absolute atomic E-state index is 0. The van der Waals surface area contributed by atoms with E-state index < -0.39 is 0 Å². The topological polar surface area (TPSA) is 59.8 Å². The molecular formula is C21H25ClN4O. The van der Waals surface area contributed by atoms with Crippen LogP contribution < -0.4 is 5.32 Å². The monoisotopic (exact) mass is 384 g/mol. The zero-order valence-electron chi connectivity index (χ0n) is 15.6. The molecule has 0 aliphatic rings. The highest BCUT2D eigenvalue weighted by atomic mass is 35.5. The van der Waals surface area contributed by atoms with Crippen molar-refractivity contribution in [3.63, 3.8) is 0 Å². The fraction of sp³-hybridized carbons (Fsp3) is 0.286. The van der Waals surface area contributed by atoms with Gasteiger partial charge in [0.2, 0.25) is 5.91 Å². The number of rotatable bonds is 7. The predicted molar refractivity (Wildman–Crippen MR) is 109 cm³/mol. The Morgan fingerprint density at radius 1 is 1.15 bits per heavy atom. The number of hydrogen-bond acceptors (Lipinski definition) is 3.